The first-order valence-corrected chi connectivity index (χ1v) is 12.6. The van der Waals surface area contributed by atoms with Crippen molar-refractivity contribution in [3.63, 3.8) is 0 Å². The summed E-state index contributed by atoms with van der Waals surface area (Å²) >= 11 is 1.44. The minimum absolute atomic E-state index is 0.0581. The normalized spacial score (nSPS) is 14.2. The number of aryl methyl sites for hydroxylation is 2. The Morgan fingerprint density at radius 2 is 1.74 bits per heavy atom. The van der Waals surface area contributed by atoms with Gasteiger partial charge in [-0.15, -0.1) is 11.3 Å². The molecule has 0 unspecified atom stereocenters. The number of hydrogen-bond acceptors (Lipinski definition) is 5. The molecule has 2 aliphatic rings. The van der Waals surface area contributed by atoms with Gasteiger partial charge in [-0.1, -0.05) is 23.8 Å². The predicted octanol–water partition coefficient (Wildman–Crippen LogP) is 5.57. The SMILES string of the molecule is COC(=O)c1c(NC(=O)Nc2ccc3c(c2)N(C(=O)c2ccc(C)cc2)CC3)sc2c1CCCC2. The highest BCUT2D eigenvalue weighted by Gasteiger charge is 2.28. The van der Waals surface area contributed by atoms with Gasteiger partial charge in [0.1, 0.15) is 5.00 Å². The van der Waals surface area contributed by atoms with Crippen LogP contribution in [0.2, 0.25) is 0 Å². The van der Waals surface area contributed by atoms with Gasteiger partial charge in [0.15, 0.2) is 0 Å². The summed E-state index contributed by atoms with van der Waals surface area (Å²) in [7, 11) is 1.35. The number of rotatable bonds is 4. The minimum atomic E-state index is -0.442. The monoisotopic (exact) mass is 489 g/mol. The van der Waals surface area contributed by atoms with Crippen LogP contribution in [0.15, 0.2) is 42.5 Å². The first kappa shape index (κ1) is 23.1. The van der Waals surface area contributed by atoms with Crippen molar-refractivity contribution in [2.24, 2.45) is 0 Å². The van der Waals surface area contributed by atoms with E-state index in [1.807, 2.05) is 49.4 Å². The lowest BCUT2D eigenvalue weighted by Crippen LogP contribution is -2.29. The lowest BCUT2D eigenvalue weighted by molar-refractivity contribution is 0.0601. The number of fused-ring (bicyclic) bond motifs is 2. The molecular formula is C27H27N3O4S. The van der Waals surface area contributed by atoms with Crippen LogP contribution in [-0.4, -0.2) is 31.6 Å². The molecule has 2 aromatic carbocycles. The van der Waals surface area contributed by atoms with Crippen molar-refractivity contribution in [1.82, 2.24) is 0 Å². The number of benzene rings is 2. The maximum atomic E-state index is 13.1. The van der Waals surface area contributed by atoms with Crippen molar-refractivity contribution in [3.05, 3.63) is 75.2 Å². The van der Waals surface area contributed by atoms with E-state index in [-0.39, 0.29) is 5.91 Å². The quantitative estimate of drug-likeness (QED) is 0.469. The van der Waals surface area contributed by atoms with Gasteiger partial charge < -0.3 is 15.0 Å². The molecule has 1 aliphatic heterocycles. The Labute approximate surface area is 208 Å². The van der Waals surface area contributed by atoms with E-state index in [0.29, 0.717) is 28.4 Å². The number of hydrogen-bond donors (Lipinski definition) is 2. The van der Waals surface area contributed by atoms with Crippen molar-refractivity contribution in [1.29, 1.82) is 0 Å². The Morgan fingerprint density at radius 1 is 0.971 bits per heavy atom. The number of amides is 3. The molecule has 2 heterocycles. The summed E-state index contributed by atoms with van der Waals surface area (Å²) in [6.07, 6.45) is 4.58. The molecule has 0 fully saturated rings. The largest absolute Gasteiger partial charge is 0.465 e. The molecular weight excluding hydrogens is 462 g/mol. The molecule has 7 nitrogen and oxygen atoms in total. The number of carbonyl (C=O) groups is 3. The van der Waals surface area contributed by atoms with Crippen LogP contribution in [0.3, 0.4) is 0 Å². The summed E-state index contributed by atoms with van der Waals surface area (Å²) in [4.78, 5) is 41.3. The van der Waals surface area contributed by atoms with Gasteiger partial charge in [0, 0.05) is 28.4 Å². The van der Waals surface area contributed by atoms with Gasteiger partial charge in [0.05, 0.1) is 12.7 Å². The van der Waals surface area contributed by atoms with Crippen LogP contribution >= 0.6 is 11.3 Å². The Balaban J connectivity index is 1.34. The molecule has 1 aliphatic carbocycles. The highest BCUT2D eigenvalue weighted by atomic mass is 32.1. The molecule has 8 heteroatoms. The molecule has 5 rings (SSSR count). The van der Waals surface area contributed by atoms with E-state index in [0.717, 1.165) is 59.4 Å². The van der Waals surface area contributed by atoms with Gasteiger partial charge >= 0.3 is 12.0 Å². The number of esters is 1. The van der Waals surface area contributed by atoms with Gasteiger partial charge in [-0.05, 0) is 74.4 Å². The van der Waals surface area contributed by atoms with Crippen LogP contribution in [0.1, 0.15) is 55.1 Å². The van der Waals surface area contributed by atoms with Crippen molar-refractivity contribution >= 4 is 45.6 Å². The summed E-state index contributed by atoms with van der Waals surface area (Å²) in [6.45, 7) is 2.59. The lowest BCUT2D eigenvalue weighted by atomic mass is 9.95. The molecule has 180 valence electrons. The summed E-state index contributed by atoms with van der Waals surface area (Å²) in [5.74, 6) is -0.486. The number of anilines is 3. The van der Waals surface area contributed by atoms with E-state index in [1.54, 1.807) is 4.90 Å². The molecule has 35 heavy (non-hydrogen) atoms. The van der Waals surface area contributed by atoms with Crippen LogP contribution < -0.4 is 15.5 Å². The average molecular weight is 490 g/mol. The third-order valence-corrected chi connectivity index (χ3v) is 7.78. The van der Waals surface area contributed by atoms with Crippen LogP contribution in [0.25, 0.3) is 0 Å². The van der Waals surface area contributed by atoms with Crippen LogP contribution in [0.4, 0.5) is 21.2 Å². The zero-order valence-electron chi connectivity index (χ0n) is 19.8. The Hall–Kier alpha value is -3.65. The molecule has 3 amide bonds. The molecule has 0 saturated carbocycles. The van der Waals surface area contributed by atoms with E-state index in [2.05, 4.69) is 10.6 Å². The van der Waals surface area contributed by atoms with E-state index in [1.165, 1.54) is 18.4 Å². The van der Waals surface area contributed by atoms with Crippen molar-refractivity contribution in [3.8, 4) is 0 Å². The van der Waals surface area contributed by atoms with Gasteiger partial charge in [-0.3, -0.25) is 10.1 Å². The second kappa shape index (κ2) is 9.54. The highest BCUT2D eigenvalue weighted by Crippen LogP contribution is 2.39. The predicted molar refractivity (Wildman–Crippen MR) is 138 cm³/mol. The molecule has 0 saturated heterocycles. The van der Waals surface area contributed by atoms with Crippen LogP contribution in [-0.2, 0) is 24.0 Å². The van der Waals surface area contributed by atoms with Crippen molar-refractivity contribution < 1.29 is 19.1 Å². The third kappa shape index (κ3) is 4.53. The first-order valence-electron chi connectivity index (χ1n) is 11.8. The Morgan fingerprint density at radius 3 is 2.51 bits per heavy atom. The number of urea groups is 1. The summed E-state index contributed by atoms with van der Waals surface area (Å²) in [5, 5.41) is 6.22. The lowest BCUT2D eigenvalue weighted by Gasteiger charge is -2.18. The number of thiophene rings is 1. The topological polar surface area (TPSA) is 87.7 Å². The number of carbonyl (C=O) groups excluding carboxylic acids is 3. The van der Waals surface area contributed by atoms with Gasteiger partial charge in [0.25, 0.3) is 5.91 Å². The molecule has 0 bridgehead atoms. The smallest absolute Gasteiger partial charge is 0.341 e. The summed E-state index contributed by atoms with van der Waals surface area (Å²) in [6, 6.07) is 12.7. The first-order chi connectivity index (χ1) is 16.9. The van der Waals surface area contributed by atoms with Crippen molar-refractivity contribution in [2.75, 3.05) is 29.2 Å². The van der Waals surface area contributed by atoms with E-state index < -0.39 is 12.0 Å². The van der Waals surface area contributed by atoms with Gasteiger partial charge in [-0.25, -0.2) is 9.59 Å². The third-order valence-electron chi connectivity index (χ3n) is 6.57. The fourth-order valence-corrected chi connectivity index (χ4v) is 6.03. The van der Waals surface area contributed by atoms with Crippen LogP contribution in [0, 0.1) is 6.92 Å². The number of nitrogens with zero attached hydrogens (tertiary/aromatic N) is 1. The number of methoxy groups -OCH3 is 1. The number of ether oxygens (including phenoxy) is 1. The molecule has 3 aromatic rings. The molecule has 2 N–H and O–H groups in total. The minimum Gasteiger partial charge on any atom is -0.465 e. The molecule has 1 aromatic heterocycles. The molecule has 0 atom stereocenters. The van der Waals surface area contributed by atoms with E-state index >= 15 is 0 Å². The maximum absolute atomic E-state index is 13.1. The number of nitrogens with one attached hydrogen (secondary N) is 2. The second-order valence-electron chi connectivity index (χ2n) is 8.90. The maximum Gasteiger partial charge on any atom is 0.341 e. The zero-order chi connectivity index (χ0) is 24.5. The fourth-order valence-electron chi connectivity index (χ4n) is 4.76. The fraction of sp³-hybridized carbons (Fsp3) is 0.296. The molecule has 0 spiro atoms. The Kier molecular flexibility index (Phi) is 6.30. The zero-order valence-corrected chi connectivity index (χ0v) is 20.6. The highest BCUT2D eigenvalue weighted by molar-refractivity contribution is 7.17. The van der Waals surface area contributed by atoms with Gasteiger partial charge in [-0.2, -0.15) is 0 Å². The Bertz CT molecular complexity index is 1310. The second-order valence-corrected chi connectivity index (χ2v) is 10.0. The average Bonchev–Trinajstić information content (AvgIpc) is 3.44. The van der Waals surface area contributed by atoms with Crippen LogP contribution in [0.5, 0.6) is 0 Å². The van der Waals surface area contributed by atoms with Gasteiger partial charge in [0.2, 0.25) is 0 Å². The van der Waals surface area contributed by atoms with Crippen molar-refractivity contribution in [2.45, 2.75) is 39.0 Å². The summed E-state index contributed by atoms with van der Waals surface area (Å²) < 4.78 is 4.99. The standard InChI is InChI=1S/C27H27N3O4S/c1-16-7-9-18(10-8-16)25(31)30-14-13-17-11-12-19(15-21(17)30)28-27(33)29-24-23(26(32)34-2)20-5-3-4-6-22(20)35-24/h7-12,15H,3-6,13-14H2,1-2H3,(H2,28,29,33). The van der Waals surface area contributed by atoms with E-state index in [4.69, 9.17) is 4.74 Å². The summed E-state index contributed by atoms with van der Waals surface area (Å²) in [5.41, 5.74) is 5.63. The van der Waals surface area contributed by atoms with E-state index in [9.17, 15) is 14.4 Å². The molecule has 0 radical (unpaired) electrons.